The standard InChI is InChI=1S/C14H15N5O2/c15-16-13-6-5-11(17-18-13)14(20)19-7-8-21-12-4-2-1-3-10(12)9-19/h1-6H,7-9,15H2,(H,16,18). The summed E-state index contributed by atoms with van der Waals surface area (Å²) in [6.07, 6.45) is 0. The fourth-order valence-corrected chi connectivity index (χ4v) is 2.18. The molecule has 7 heteroatoms. The highest BCUT2D eigenvalue weighted by Gasteiger charge is 2.21. The molecule has 0 aliphatic carbocycles. The number of nitrogens with zero attached hydrogens (tertiary/aromatic N) is 3. The average Bonchev–Trinajstić information content (AvgIpc) is 2.76. The molecule has 3 rings (SSSR count). The van der Waals surface area contributed by atoms with Gasteiger partial charge in [-0.1, -0.05) is 18.2 Å². The Labute approximate surface area is 121 Å². The van der Waals surface area contributed by atoms with Crippen LogP contribution in [0.3, 0.4) is 0 Å². The van der Waals surface area contributed by atoms with Gasteiger partial charge in [0.15, 0.2) is 11.5 Å². The predicted molar refractivity (Wildman–Crippen MR) is 76.5 cm³/mol. The normalized spacial score (nSPS) is 13.9. The van der Waals surface area contributed by atoms with Gasteiger partial charge in [-0.25, -0.2) is 5.84 Å². The largest absolute Gasteiger partial charge is 0.491 e. The number of carbonyl (C=O) groups is 1. The summed E-state index contributed by atoms with van der Waals surface area (Å²) in [5.74, 6) is 6.29. The Morgan fingerprint density at radius 2 is 2.10 bits per heavy atom. The summed E-state index contributed by atoms with van der Waals surface area (Å²) in [6, 6.07) is 10.9. The van der Waals surface area contributed by atoms with E-state index in [0.29, 0.717) is 25.5 Å². The highest BCUT2D eigenvalue weighted by Crippen LogP contribution is 2.23. The molecule has 21 heavy (non-hydrogen) atoms. The maximum atomic E-state index is 12.5. The minimum atomic E-state index is -0.175. The van der Waals surface area contributed by atoms with Gasteiger partial charge >= 0.3 is 0 Å². The third kappa shape index (κ3) is 2.77. The van der Waals surface area contributed by atoms with Crippen molar-refractivity contribution in [1.29, 1.82) is 0 Å². The van der Waals surface area contributed by atoms with E-state index in [4.69, 9.17) is 10.6 Å². The van der Waals surface area contributed by atoms with Gasteiger partial charge in [0.25, 0.3) is 5.91 Å². The number of anilines is 1. The van der Waals surface area contributed by atoms with Gasteiger partial charge in [0, 0.05) is 12.1 Å². The Bertz CT molecular complexity index is 644. The predicted octanol–water partition coefficient (Wildman–Crippen LogP) is 0.797. The summed E-state index contributed by atoms with van der Waals surface area (Å²) in [7, 11) is 0. The minimum Gasteiger partial charge on any atom is -0.491 e. The van der Waals surface area contributed by atoms with E-state index < -0.39 is 0 Å². The zero-order chi connectivity index (χ0) is 14.7. The molecule has 0 unspecified atom stereocenters. The van der Waals surface area contributed by atoms with Crippen molar-refractivity contribution in [3.05, 3.63) is 47.7 Å². The number of carbonyl (C=O) groups excluding carboxylic acids is 1. The van der Waals surface area contributed by atoms with Gasteiger partial charge in [0.05, 0.1) is 6.54 Å². The van der Waals surface area contributed by atoms with Gasteiger partial charge in [-0.05, 0) is 18.2 Å². The first-order valence-electron chi connectivity index (χ1n) is 6.58. The Morgan fingerprint density at radius 3 is 2.86 bits per heavy atom. The van der Waals surface area contributed by atoms with E-state index in [9.17, 15) is 4.79 Å². The Balaban J connectivity index is 1.81. The van der Waals surface area contributed by atoms with Gasteiger partial charge < -0.3 is 15.1 Å². The van der Waals surface area contributed by atoms with Crippen LogP contribution in [0.5, 0.6) is 5.75 Å². The van der Waals surface area contributed by atoms with E-state index in [1.807, 2.05) is 24.3 Å². The topological polar surface area (TPSA) is 93.4 Å². The number of nitrogens with two attached hydrogens (primary N) is 1. The molecule has 0 radical (unpaired) electrons. The summed E-state index contributed by atoms with van der Waals surface area (Å²) < 4.78 is 5.64. The fraction of sp³-hybridized carbons (Fsp3) is 0.214. The molecule has 7 nitrogen and oxygen atoms in total. The van der Waals surface area contributed by atoms with Crippen LogP contribution in [-0.2, 0) is 6.54 Å². The molecule has 0 bridgehead atoms. The molecule has 1 aromatic heterocycles. The first kappa shape index (κ1) is 13.3. The summed E-state index contributed by atoms with van der Waals surface area (Å²) in [5, 5.41) is 7.70. The highest BCUT2D eigenvalue weighted by atomic mass is 16.5. The number of para-hydroxylation sites is 1. The van der Waals surface area contributed by atoms with Gasteiger partial charge in [0.1, 0.15) is 12.4 Å². The van der Waals surface area contributed by atoms with Crippen LogP contribution in [0.1, 0.15) is 16.1 Å². The second-order valence-corrected chi connectivity index (χ2v) is 4.63. The molecule has 0 spiro atoms. The number of amides is 1. The van der Waals surface area contributed by atoms with Gasteiger partial charge in [-0.2, -0.15) is 0 Å². The first-order chi connectivity index (χ1) is 10.3. The van der Waals surface area contributed by atoms with Crippen molar-refractivity contribution in [3.8, 4) is 5.75 Å². The monoisotopic (exact) mass is 285 g/mol. The number of aromatic nitrogens is 2. The molecule has 0 saturated carbocycles. The number of nitrogens with one attached hydrogen (secondary N) is 1. The molecule has 108 valence electrons. The summed E-state index contributed by atoms with van der Waals surface area (Å²) in [5.41, 5.74) is 3.65. The van der Waals surface area contributed by atoms with Crippen LogP contribution in [0.15, 0.2) is 36.4 Å². The second-order valence-electron chi connectivity index (χ2n) is 4.63. The van der Waals surface area contributed by atoms with E-state index >= 15 is 0 Å². The maximum Gasteiger partial charge on any atom is 0.274 e. The Hall–Kier alpha value is -2.67. The maximum absolute atomic E-state index is 12.5. The summed E-state index contributed by atoms with van der Waals surface area (Å²) in [4.78, 5) is 14.2. The van der Waals surface area contributed by atoms with Crippen molar-refractivity contribution in [2.45, 2.75) is 6.54 Å². The number of rotatable bonds is 2. The van der Waals surface area contributed by atoms with Crippen LogP contribution in [0.2, 0.25) is 0 Å². The zero-order valence-electron chi connectivity index (χ0n) is 11.3. The molecular formula is C14H15N5O2. The summed E-state index contributed by atoms with van der Waals surface area (Å²) >= 11 is 0. The van der Waals surface area contributed by atoms with E-state index in [1.54, 1.807) is 17.0 Å². The lowest BCUT2D eigenvalue weighted by Crippen LogP contribution is -2.33. The number of hydrazine groups is 1. The summed E-state index contributed by atoms with van der Waals surface area (Å²) in [6.45, 7) is 1.46. The van der Waals surface area contributed by atoms with Crippen LogP contribution in [0.25, 0.3) is 0 Å². The van der Waals surface area contributed by atoms with E-state index in [0.717, 1.165) is 11.3 Å². The zero-order valence-corrected chi connectivity index (χ0v) is 11.3. The van der Waals surface area contributed by atoms with Crippen molar-refractivity contribution >= 4 is 11.7 Å². The smallest absolute Gasteiger partial charge is 0.274 e. The van der Waals surface area contributed by atoms with Crippen molar-refractivity contribution in [2.24, 2.45) is 5.84 Å². The van der Waals surface area contributed by atoms with Crippen LogP contribution >= 0.6 is 0 Å². The Kier molecular flexibility index (Phi) is 3.65. The molecule has 1 aliphatic heterocycles. The van der Waals surface area contributed by atoms with Crippen molar-refractivity contribution in [2.75, 3.05) is 18.6 Å². The number of fused-ring (bicyclic) bond motifs is 1. The third-order valence-electron chi connectivity index (χ3n) is 3.27. The number of nitrogen functional groups attached to an aromatic ring is 1. The van der Waals surface area contributed by atoms with E-state index in [2.05, 4.69) is 15.6 Å². The molecular weight excluding hydrogens is 270 g/mol. The molecule has 1 aromatic carbocycles. The van der Waals surface area contributed by atoms with Crippen LogP contribution < -0.4 is 16.0 Å². The minimum absolute atomic E-state index is 0.175. The molecule has 0 atom stereocenters. The lowest BCUT2D eigenvalue weighted by molar-refractivity contribution is 0.0726. The third-order valence-corrected chi connectivity index (χ3v) is 3.27. The number of benzene rings is 1. The lowest BCUT2D eigenvalue weighted by Gasteiger charge is -2.19. The molecule has 0 saturated heterocycles. The number of ether oxygens (including phenoxy) is 1. The van der Waals surface area contributed by atoms with Crippen LogP contribution in [0, 0.1) is 0 Å². The molecule has 3 N–H and O–H groups in total. The molecule has 2 aromatic rings. The Morgan fingerprint density at radius 1 is 1.24 bits per heavy atom. The number of hydrogen-bond acceptors (Lipinski definition) is 6. The first-order valence-corrected chi connectivity index (χ1v) is 6.58. The van der Waals surface area contributed by atoms with Crippen molar-refractivity contribution in [1.82, 2.24) is 15.1 Å². The molecule has 0 fully saturated rings. The van der Waals surface area contributed by atoms with Crippen molar-refractivity contribution in [3.63, 3.8) is 0 Å². The molecule has 1 aliphatic rings. The quantitative estimate of drug-likeness (QED) is 0.626. The van der Waals surface area contributed by atoms with Crippen molar-refractivity contribution < 1.29 is 9.53 Å². The SMILES string of the molecule is NNc1ccc(C(=O)N2CCOc3ccccc3C2)nn1. The second kappa shape index (κ2) is 5.76. The number of hydrogen-bond donors (Lipinski definition) is 2. The average molecular weight is 285 g/mol. The molecule has 2 heterocycles. The van der Waals surface area contributed by atoms with Crippen LogP contribution in [0.4, 0.5) is 5.82 Å². The lowest BCUT2D eigenvalue weighted by atomic mass is 10.2. The van der Waals surface area contributed by atoms with Gasteiger partial charge in [-0.3, -0.25) is 4.79 Å². The van der Waals surface area contributed by atoms with E-state index in [-0.39, 0.29) is 11.6 Å². The van der Waals surface area contributed by atoms with Gasteiger partial charge in [0.2, 0.25) is 0 Å². The highest BCUT2D eigenvalue weighted by molar-refractivity contribution is 5.92. The molecule has 1 amide bonds. The fourth-order valence-electron chi connectivity index (χ4n) is 2.18. The van der Waals surface area contributed by atoms with Crippen LogP contribution in [-0.4, -0.2) is 34.2 Å². The van der Waals surface area contributed by atoms with E-state index in [1.165, 1.54) is 0 Å². The van der Waals surface area contributed by atoms with Gasteiger partial charge in [-0.15, -0.1) is 10.2 Å².